The summed E-state index contributed by atoms with van der Waals surface area (Å²) in [7, 11) is 0. The van der Waals surface area contributed by atoms with Gasteiger partial charge in [-0.15, -0.1) is 0 Å². The van der Waals surface area contributed by atoms with E-state index in [9.17, 15) is 10.5 Å². The van der Waals surface area contributed by atoms with Crippen molar-refractivity contribution in [2.75, 3.05) is 0 Å². The van der Waals surface area contributed by atoms with E-state index in [4.69, 9.17) is 9.97 Å². The lowest BCUT2D eigenvalue weighted by Gasteiger charge is -2.06. The Hall–Kier alpha value is -4.92. The maximum atomic E-state index is 9.27. The second-order valence-electron chi connectivity index (χ2n) is 10.6. The lowest BCUT2D eigenvalue weighted by atomic mass is 9.99. The number of hydrogen-bond acceptors (Lipinski definition) is 6. The highest BCUT2D eigenvalue weighted by Crippen LogP contribution is 2.38. The third-order valence-corrected chi connectivity index (χ3v) is 8.05. The van der Waals surface area contributed by atoms with E-state index in [1.807, 2.05) is 51.1 Å². The summed E-state index contributed by atoms with van der Waals surface area (Å²) in [6, 6.07) is 7.99. The van der Waals surface area contributed by atoms with Crippen LogP contribution < -0.4 is 0 Å². The number of aromatic amines is 2. The van der Waals surface area contributed by atoms with Crippen LogP contribution in [0.2, 0.25) is 0 Å². The maximum Gasteiger partial charge on any atom is 0.139 e. The normalized spacial score (nSPS) is 12.9. The molecule has 42 heavy (non-hydrogen) atoms. The van der Waals surface area contributed by atoms with Crippen LogP contribution in [0.4, 0.5) is 0 Å². The molecule has 3 aromatic rings. The number of allylic oxidation sites excluding steroid dienone is 4. The fourth-order valence-electron chi connectivity index (χ4n) is 5.58. The summed E-state index contributed by atoms with van der Waals surface area (Å²) in [5, 5.41) is 18.5. The van der Waals surface area contributed by atoms with Crippen molar-refractivity contribution < 1.29 is 20.3 Å². The monoisotopic (exact) mass is 562 g/mol. The zero-order valence-corrected chi connectivity index (χ0v) is 24.3. The van der Waals surface area contributed by atoms with E-state index in [0.717, 1.165) is 72.3 Å². The van der Waals surface area contributed by atoms with Gasteiger partial charge in [-0.25, -0.2) is 20.5 Å². The van der Waals surface area contributed by atoms with Gasteiger partial charge in [-0.2, -0.15) is 0 Å². The number of rotatable bonds is 8. The van der Waals surface area contributed by atoms with Crippen LogP contribution in [-0.4, -0.2) is 30.5 Å². The van der Waals surface area contributed by atoms with Crippen LogP contribution >= 0.6 is 0 Å². The summed E-state index contributed by atoms with van der Waals surface area (Å²) in [6.45, 7) is 23.8. The predicted octanol–water partition coefficient (Wildman–Crippen LogP) is 8.87. The van der Waals surface area contributed by atoms with Gasteiger partial charge in [0.05, 0.1) is 22.8 Å². The number of aromatic nitrogens is 4. The van der Waals surface area contributed by atoms with Crippen molar-refractivity contribution in [3.05, 3.63) is 107 Å². The summed E-state index contributed by atoms with van der Waals surface area (Å²) in [5.74, 6) is 0.403. The molecule has 3 aromatic heterocycles. The van der Waals surface area contributed by atoms with Gasteiger partial charge in [0.15, 0.2) is 0 Å². The summed E-state index contributed by atoms with van der Waals surface area (Å²) in [6.07, 6.45) is 4.22. The second-order valence-corrected chi connectivity index (χ2v) is 10.6. The minimum absolute atomic E-state index is 0.200. The Morgan fingerprint density at radius 3 is 1.55 bits per heavy atom. The molecular formula is C34H34N4O4. The Morgan fingerprint density at radius 2 is 1.07 bits per heavy atom. The number of aryl methyl sites for hydroxylation is 2. The molecule has 0 saturated carbocycles. The lowest BCUT2D eigenvalue weighted by molar-refractivity contribution is -0.203. The van der Waals surface area contributed by atoms with Crippen molar-refractivity contribution in [1.82, 2.24) is 19.9 Å². The first kappa shape index (κ1) is 28.6. The standard InChI is InChI=1S/C34H34N4O4/c1-9-23-19(5)27-13-31-24(10-2)20(6)28(36-31)15-33-26(12-18(4)42-40)22(8)30(38-33)16-34-25(11-17(3)41-39)21(7)29(37-34)14-32(23)35-27/h9-10,13-16,35-36,39-40H,1-4,11-12H2,5-8H3. The largest absolute Gasteiger partial charge is 0.355 e. The molecule has 2 aliphatic rings. The molecule has 0 saturated heterocycles. The fourth-order valence-corrected chi connectivity index (χ4v) is 5.58. The second kappa shape index (κ2) is 11.2. The molecule has 0 aromatic carbocycles. The minimum atomic E-state index is 0.200. The average molecular weight is 563 g/mol. The minimum Gasteiger partial charge on any atom is -0.355 e. The molecular weight excluding hydrogens is 528 g/mol. The summed E-state index contributed by atoms with van der Waals surface area (Å²) < 4.78 is 0. The molecule has 0 aliphatic carbocycles. The van der Waals surface area contributed by atoms with Crippen LogP contribution in [0.5, 0.6) is 0 Å². The van der Waals surface area contributed by atoms with Gasteiger partial charge in [0.2, 0.25) is 0 Å². The average Bonchev–Trinajstić information content (AvgIpc) is 3.63. The van der Waals surface area contributed by atoms with Gasteiger partial charge in [-0.05, 0) is 85.4 Å². The molecule has 8 nitrogen and oxygen atoms in total. The van der Waals surface area contributed by atoms with Gasteiger partial charge in [-0.3, -0.25) is 0 Å². The summed E-state index contributed by atoms with van der Waals surface area (Å²) in [4.78, 5) is 26.0. The number of hydrogen-bond donors (Lipinski definition) is 4. The van der Waals surface area contributed by atoms with E-state index < -0.39 is 0 Å². The fraction of sp³-hybridized carbons (Fsp3) is 0.176. The summed E-state index contributed by atoms with van der Waals surface area (Å²) >= 11 is 0. The molecule has 0 fully saturated rings. The Balaban J connectivity index is 1.96. The Kier molecular flexibility index (Phi) is 7.60. The van der Waals surface area contributed by atoms with Gasteiger partial charge in [0.25, 0.3) is 0 Å². The van der Waals surface area contributed by atoms with E-state index in [0.29, 0.717) is 17.1 Å². The van der Waals surface area contributed by atoms with Crippen LogP contribution in [0.15, 0.2) is 62.1 Å². The van der Waals surface area contributed by atoms with Gasteiger partial charge in [0, 0.05) is 46.0 Å². The van der Waals surface area contributed by atoms with Gasteiger partial charge >= 0.3 is 0 Å². The molecule has 8 bridgehead atoms. The van der Waals surface area contributed by atoms with Crippen LogP contribution in [0.1, 0.15) is 71.7 Å². The molecule has 0 amide bonds. The van der Waals surface area contributed by atoms with Crippen LogP contribution in [0.25, 0.3) is 56.5 Å². The molecule has 2 aliphatic heterocycles. The SMILES string of the molecule is C=Cc1c(C)c2cc3[nH]c(cc4nc(cc5nc(cc1[nH]2)C(C)=C5CC(=C)OO)C(C)=C4CC(=C)OO)c(C)c3C=C. The first-order chi connectivity index (χ1) is 20.1. The quantitative estimate of drug-likeness (QED) is 0.124. The zero-order chi connectivity index (χ0) is 30.3. The first-order valence-electron chi connectivity index (χ1n) is 13.5. The van der Waals surface area contributed by atoms with Gasteiger partial charge < -0.3 is 19.7 Å². The van der Waals surface area contributed by atoms with Crippen molar-refractivity contribution in [2.24, 2.45) is 0 Å². The van der Waals surface area contributed by atoms with Gasteiger partial charge in [-0.1, -0.05) is 38.5 Å². The Morgan fingerprint density at radius 1 is 0.667 bits per heavy atom. The summed E-state index contributed by atoms with van der Waals surface area (Å²) in [5.41, 5.74) is 14.0. The highest BCUT2D eigenvalue weighted by Gasteiger charge is 2.23. The number of nitrogens with zero attached hydrogens (tertiary/aromatic N) is 2. The van der Waals surface area contributed by atoms with Crippen molar-refractivity contribution >= 4 is 56.5 Å². The third kappa shape index (κ3) is 4.91. The highest BCUT2D eigenvalue weighted by molar-refractivity contribution is 5.96. The smallest absolute Gasteiger partial charge is 0.139 e. The number of fused-ring (bicyclic) bond motifs is 8. The molecule has 214 valence electrons. The highest BCUT2D eigenvalue weighted by atomic mass is 17.1. The lowest BCUT2D eigenvalue weighted by Crippen LogP contribution is -1.91. The molecule has 0 radical (unpaired) electrons. The number of nitrogens with one attached hydrogen (secondary N) is 2. The van der Waals surface area contributed by atoms with E-state index in [1.54, 1.807) is 0 Å². The van der Waals surface area contributed by atoms with Gasteiger partial charge in [0.1, 0.15) is 11.5 Å². The van der Waals surface area contributed by atoms with Crippen molar-refractivity contribution in [2.45, 2.75) is 40.5 Å². The third-order valence-electron chi connectivity index (χ3n) is 8.05. The van der Waals surface area contributed by atoms with Crippen molar-refractivity contribution in [3.8, 4) is 0 Å². The first-order valence-corrected chi connectivity index (χ1v) is 13.5. The van der Waals surface area contributed by atoms with Crippen LogP contribution in [-0.2, 0) is 9.78 Å². The van der Waals surface area contributed by atoms with Crippen LogP contribution in [0, 0.1) is 13.8 Å². The van der Waals surface area contributed by atoms with E-state index >= 15 is 0 Å². The Labute approximate surface area is 244 Å². The number of H-pyrrole nitrogens is 2. The van der Waals surface area contributed by atoms with Crippen molar-refractivity contribution in [1.29, 1.82) is 0 Å². The molecule has 8 heteroatoms. The molecule has 0 atom stereocenters. The molecule has 5 heterocycles. The topological polar surface area (TPSA) is 116 Å². The van der Waals surface area contributed by atoms with E-state index in [-0.39, 0.29) is 24.4 Å². The van der Waals surface area contributed by atoms with E-state index in [1.165, 1.54) is 0 Å². The zero-order valence-electron chi connectivity index (χ0n) is 24.3. The molecule has 5 rings (SSSR count). The molecule has 0 unspecified atom stereocenters. The maximum absolute atomic E-state index is 9.27. The van der Waals surface area contributed by atoms with E-state index in [2.05, 4.69) is 59.0 Å². The predicted molar refractivity (Wildman–Crippen MR) is 171 cm³/mol. The Bertz CT molecular complexity index is 1920. The molecule has 0 spiro atoms. The van der Waals surface area contributed by atoms with Crippen molar-refractivity contribution in [3.63, 3.8) is 0 Å². The molecule has 4 N–H and O–H groups in total. The van der Waals surface area contributed by atoms with Crippen LogP contribution in [0.3, 0.4) is 0 Å².